The summed E-state index contributed by atoms with van der Waals surface area (Å²) in [5, 5.41) is 0. The highest BCUT2D eigenvalue weighted by molar-refractivity contribution is 5.99. The molecule has 0 unspecified atom stereocenters. The first-order chi connectivity index (χ1) is 13.6. The van der Waals surface area contributed by atoms with Gasteiger partial charge in [0, 0.05) is 57.9 Å². The molecule has 0 bridgehead atoms. The number of benzene rings is 2. The van der Waals surface area contributed by atoms with Gasteiger partial charge in [-0.05, 0) is 37.4 Å². The molecule has 4 rings (SSSR count). The second-order valence-corrected chi connectivity index (χ2v) is 7.56. The zero-order chi connectivity index (χ0) is 19.5. The average Bonchev–Trinajstić information content (AvgIpc) is 2.73. The molecule has 0 N–H and O–H groups in total. The van der Waals surface area contributed by atoms with Crippen LogP contribution in [0.5, 0.6) is 0 Å². The fraction of sp³-hybridized carbons (Fsp3) is 0.409. The van der Waals surface area contributed by atoms with E-state index in [0.717, 1.165) is 49.8 Å². The maximum atomic E-state index is 14.0. The van der Waals surface area contributed by atoms with Crippen LogP contribution in [0.1, 0.15) is 6.42 Å². The SMILES string of the molecule is CN1CCN(CCC(=O)N2CCN(c3ccccc3)c3cc(F)ccc32)CC1. The Bertz CT molecular complexity index is 821. The van der Waals surface area contributed by atoms with Crippen LogP contribution in [0, 0.1) is 5.82 Å². The summed E-state index contributed by atoms with van der Waals surface area (Å²) in [6.45, 7) is 6.15. The van der Waals surface area contributed by atoms with Crippen molar-refractivity contribution in [2.75, 3.05) is 62.7 Å². The highest BCUT2D eigenvalue weighted by Crippen LogP contribution is 2.38. The predicted octanol–water partition coefficient (Wildman–Crippen LogP) is 2.95. The van der Waals surface area contributed by atoms with E-state index in [1.54, 1.807) is 6.07 Å². The first-order valence-electron chi connectivity index (χ1n) is 9.95. The molecule has 0 spiro atoms. The van der Waals surface area contributed by atoms with E-state index < -0.39 is 0 Å². The van der Waals surface area contributed by atoms with Crippen LogP contribution in [0.15, 0.2) is 48.5 Å². The third kappa shape index (κ3) is 4.03. The molecule has 0 atom stereocenters. The first-order valence-corrected chi connectivity index (χ1v) is 9.95. The second-order valence-electron chi connectivity index (χ2n) is 7.56. The smallest absolute Gasteiger partial charge is 0.228 e. The molecule has 0 aromatic heterocycles. The van der Waals surface area contributed by atoms with Crippen molar-refractivity contribution in [2.24, 2.45) is 0 Å². The zero-order valence-electron chi connectivity index (χ0n) is 16.4. The maximum absolute atomic E-state index is 14.0. The third-order valence-electron chi connectivity index (χ3n) is 5.67. The Morgan fingerprint density at radius 1 is 0.929 bits per heavy atom. The molecule has 2 aromatic rings. The van der Waals surface area contributed by atoms with Gasteiger partial charge in [-0.2, -0.15) is 0 Å². The number of halogens is 1. The normalized spacial score (nSPS) is 18.2. The van der Waals surface area contributed by atoms with Gasteiger partial charge >= 0.3 is 0 Å². The molecular formula is C22H27FN4O. The molecule has 1 fully saturated rings. The van der Waals surface area contributed by atoms with E-state index in [2.05, 4.69) is 21.7 Å². The van der Waals surface area contributed by atoms with Crippen LogP contribution in [-0.2, 0) is 4.79 Å². The summed E-state index contributed by atoms with van der Waals surface area (Å²) in [6, 6.07) is 14.6. The number of piperazine rings is 1. The number of fused-ring (bicyclic) bond motifs is 1. The Hall–Kier alpha value is -2.44. The molecule has 0 aliphatic carbocycles. The minimum atomic E-state index is -0.286. The maximum Gasteiger partial charge on any atom is 0.228 e. The van der Waals surface area contributed by atoms with Gasteiger partial charge < -0.3 is 19.6 Å². The van der Waals surface area contributed by atoms with Gasteiger partial charge in [-0.15, -0.1) is 0 Å². The number of para-hydroxylation sites is 1. The van der Waals surface area contributed by atoms with E-state index in [1.165, 1.54) is 12.1 Å². The number of amides is 1. The van der Waals surface area contributed by atoms with Crippen molar-refractivity contribution in [1.29, 1.82) is 0 Å². The Balaban J connectivity index is 1.50. The summed E-state index contributed by atoms with van der Waals surface area (Å²) in [7, 11) is 2.13. The molecule has 2 aromatic carbocycles. The molecular weight excluding hydrogens is 355 g/mol. The van der Waals surface area contributed by atoms with E-state index >= 15 is 0 Å². The van der Waals surface area contributed by atoms with Gasteiger partial charge in [0.15, 0.2) is 0 Å². The summed E-state index contributed by atoms with van der Waals surface area (Å²) in [5.74, 6) is -0.175. The van der Waals surface area contributed by atoms with Gasteiger partial charge in [0.2, 0.25) is 5.91 Å². The molecule has 0 radical (unpaired) electrons. The fourth-order valence-corrected chi connectivity index (χ4v) is 3.98. The summed E-state index contributed by atoms with van der Waals surface area (Å²) >= 11 is 0. The Labute approximate surface area is 165 Å². The topological polar surface area (TPSA) is 30.0 Å². The van der Waals surface area contributed by atoms with E-state index in [4.69, 9.17) is 0 Å². The highest BCUT2D eigenvalue weighted by atomic mass is 19.1. The molecule has 2 aliphatic rings. The van der Waals surface area contributed by atoms with Crippen molar-refractivity contribution in [3.63, 3.8) is 0 Å². The third-order valence-corrected chi connectivity index (χ3v) is 5.67. The molecule has 2 heterocycles. The number of carbonyl (C=O) groups is 1. The predicted molar refractivity (Wildman–Crippen MR) is 111 cm³/mol. The van der Waals surface area contributed by atoms with Gasteiger partial charge in [-0.3, -0.25) is 4.79 Å². The van der Waals surface area contributed by atoms with Crippen LogP contribution in [0.25, 0.3) is 0 Å². The highest BCUT2D eigenvalue weighted by Gasteiger charge is 2.28. The number of nitrogens with zero attached hydrogens (tertiary/aromatic N) is 4. The molecule has 2 aliphatic heterocycles. The number of hydrogen-bond acceptors (Lipinski definition) is 4. The van der Waals surface area contributed by atoms with E-state index in [1.807, 2.05) is 35.2 Å². The van der Waals surface area contributed by atoms with Crippen molar-refractivity contribution in [3.8, 4) is 0 Å². The quantitative estimate of drug-likeness (QED) is 0.813. The molecule has 1 amide bonds. The van der Waals surface area contributed by atoms with Gasteiger partial charge in [0.05, 0.1) is 11.4 Å². The van der Waals surface area contributed by atoms with Crippen molar-refractivity contribution < 1.29 is 9.18 Å². The van der Waals surface area contributed by atoms with E-state index in [9.17, 15) is 9.18 Å². The van der Waals surface area contributed by atoms with Crippen LogP contribution in [0.3, 0.4) is 0 Å². The van der Waals surface area contributed by atoms with Crippen LogP contribution in [0.4, 0.5) is 21.5 Å². The van der Waals surface area contributed by atoms with Gasteiger partial charge in [0.25, 0.3) is 0 Å². The number of rotatable bonds is 4. The standard InChI is InChI=1S/C22H27FN4O/c1-24-11-13-25(14-12-24)10-9-22(28)27-16-15-26(19-5-3-2-4-6-19)21-17-18(23)7-8-20(21)27/h2-8,17H,9-16H2,1H3. The Kier molecular flexibility index (Phi) is 5.59. The van der Waals surface area contributed by atoms with Gasteiger partial charge in [-0.1, -0.05) is 18.2 Å². The largest absolute Gasteiger partial charge is 0.338 e. The lowest BCUT2D eigenvalue weighted by Crippen LogP contribution is -2.47. The van der Waals surface area contributed by atoms with Crippen LogP contribution in [-0.4, -0.2) is 68.6 Å². The minimum absolute atomic E-state index is 0.111. The summed E-state index contributed by atoms with van der Waals surface area (Å²) in [6.07, 6.45) is 0.492. The molecule has 0 saturated carbocycles. The number of anilines is 3. The fourth-order valence-electron chi connectivity index (χ4n) is 3.98. The van der Waals surface area contributed by atoms with Crippen molar-refractivity contribution in [2.45, 2.75) is 6.42 Å². The molecule has 28 heavy (non-hydrogen) atoms. The number of hydrogen-bond donors (Lipinski definition) is 0. The summed E-state index contributed by atoms with van der Waals surface area (Å²) in [4.78, 5) is 21.5. The summed E-state index contributed by atoms with van der Waals surface area (Å²) < 4.78 is 14.0. The average molecular weight is 382 g/mol. The lowest BCUT2D eigenvalue weighted by atomic mass is 10.1. The second kappa shape index (κ2) is 8.29. The van der Waals surface area contributed by atoms with Crippen molar-refractivity contribution in [3.05, 3.63) is 54.3 Å². The zero-order valence-corrected chi connectivity index (χ0v) is 16.4. The summed E-state index contributed by atoms with van der Waals surface area (Å²) in [5.41, 5.74) is 2.56. The van der Waals surface area contributed by atoms with Crippen LogP contribution < -0.4 is 9.80 Å². The van der Waals surface area contributed by atoms with Crippen molar-refractivity contribution in [1.82, 2.24) is 9.80 Å². The number of likely N-dealkylation sites (N-methyl/N-ethyl adjacent to an activating group) is 1. The Morgan fingerprint density at radius 3 is 2.43 bits per heavy atom. The van der Waals surface area contributed by atoms with E-state index in [0.29, 0.717) is 19.5 Å². The molecule has 148 valence electrons. The lowest BCUT2D eigenvalue weighted by molar-refractivity contribution is -0.119. The first kappa shape index (κ1) is 18.9. The molecule has 1 saturated heterocycles. The van der Waals surface area contributed by atoms with Crippen LogP contribution >= 0.6 is 0 Å². The lowest BCUT2D eigenvalue weighted by Gasteiger charge is -2.38. The Morgan fingerprint density at radius 2 is 1.68 bits per heavy atom. The van der Waals surface area contributed by atoms with Gasteiger partial charge in [0.1, 0.15) is 5.82 Å². The number of carbonyl (C=O) groups excluding carboxylic acids is 1. The minimum Gasteiger partial charge on any atom is -0.338 e. The van der Waals surface area contributed by atoms with Crippen LogP contribution in [0.2, 0.25) is 0 Å². The van der Waals surface area contributed by atoms with E-state index in [-0.39, 0.29) is 11.7 Å². The monoisotopic (exact) mass is 382 g/mol. The molecule has 6 heteroatoms. The van der Waals surface area contributed by atoms with Crippen molar-refractivity contribution >= 4 is 23.0 Å². The molecule has 5 nitrogen and oxygen atoms in total. The van der Waals surface area contributed by atoms with Gasteiger partial charge in [-0.25, -0.2) is 4.39 Å².